The van der Waals surface area contributed by atoms with Crippen LogP contribution in [-0.4, -0.2) is 0 Å². The molecule has 14 heavy (non-hydrogen) atoms. The zero-order valence-corrected chi connectivity index (χ0v) is 9.57. The molecule has 0 aliphatic carbocycles. The van der Waals surface area contributed by atoms with Crippen LogP contribution in [0.2, 0.25) is 0 Å². The lowest BCUT2D eigenvalue weighted by Crippen LogP contribution is -1.94. The van der Waals surface area contributed by atoms with E-state index in [9.17, 15) is 0 Å². The molecule has 1 rings (SSSR count). The van der Waals surface area contributed by atoms with Crippen molar-refractivity contribution in [2.75, 3.05) is 0 Å². The van der Waals surface area contributed by atoms with Crippen molar-refractivity contribution < 1.29 is 0 Å². The maximum Gasteiger partial charge on any atom is -0.0169 e. The maximum absolute atomic E-state index is 4.02. The Balaban J connectivity index is 3.49. The van der Waals surface area contributed by atoms with Crippen molar-refractivity contribution in [1.29, 1.82) is 0 Å². The Morgan fingerprint density at radius 3 is 2.00 bits per heavy atom. The Labute approximate surface area is 87.0 Å². The van der Waals surface area contributed by atoms with Crippen LogP contribution >= 0.6 is 0 Å². The molecule has 1 aromatic rings. The van der Waals surface area contributed by atoms with Crippen LogP contribution in [0.4, 0.5) is 0 Å². The van der Waals surface area contributed by atoms with Gasteiger partial charge in [-0.3, -0.25) is 0 Å². The monoisotopic (exact) mass is 186 g/mol. The summed E-state index contributed by atoms with van der Waals surface area (Å²) in [5.74, 6) is 0. The topological polar surface area (TPSA) is 0 Å². The van der Waals surface area contributed by atoms with Gasteiger partial charge < -0.3 is 0 Å². The summed E-state index contributed by atoms with van der Waals surface area (Å²) in [4.78, 5) is 0. The Hall–Kier alpha value is -1.30. The predicted molar refractivity (Wildman–Crippen MR) is 65.3 cm³/mol. The second-order valence-corrected chi connectivity index (χ2v) is 3.99. The van der Waals surface area contributed by atoms with Gasteiger partial charge in [-0.05, 0) is 49.9 Å². The van der Waals surface area contributed by atoms with E-state index in [4.69, 9.17) is 0 Å². The van der Waals surface area contributed by atoms with Gasteiger partial charge in [0, 0.05) is 0 Å². The maximum atomic E-state index is 4.02. The number of allylic oxidation sites excluding steroid dienone is 2. The lowest BCUT2D eigenvalue weighted by molar-refractivity contribution is 1.30. The Bertz CT molecular complexity index is 395. The van der Waals surface area contributed by atoms with Gasteiger partial charge in [0.25, 0.3) is 0 Å². The molecule has 0 aliphatic rings. The molecule has 0 bridgehead atoms. The van der Waals surface area contributed by atoms with Crippen molar-refractivity contribution in [3.63, 3.8) is 0 Å². The molecule has 0 aliphatic heterocycles. The lowest BCUT2D eigenvalue weighted by atomic mass is 9.91. The van der Waals surface area contributed by atoms with Crippen LogP contribution < -0.4 is 0 Å². The number of hydrogen-bond acceptors (Lipinski definition) is 0. The summed E-state index contributed by atoms with van der Waals surface area (Å²) in [5.41, 5.74) is 7.36. The minimum atomic E-state index is 1.12. The summed E-state index contributed by atoms with van der Waals surface area (Å²) < 4.78 is 0. The summed E-state index contributed by atoms with van der Waals surface area (Å²) in [6.07, 6.45) is 0. The van der Waals surface area contributed by atoms with Gasteiger partial charge in [-0.1, -0.05) is 36.4 Å². The molecule has 0 aromatic heterocycles. The van der Waals surface area contributed by atoms with Crippen LogP contribution in [0.25, 0.3) is 11.1 Å². The van der Waals surface area contributed by atoms with E-state index in [1.165, 1.54) is 22.3 Å². The third-order valence-electron chi connectivity index (χ3n) is 2.56. The molecular weight excluding hydrogens is 168 g/mol. The van der Waals surface area contributed by atoms with Crippen LogP contribution in [0.1, 0.15) is 36.1 Å². The fraction of sp³-hybridized carbons (Fsp3) is 0.286. The summed E-state index contributed by atoms with van der Waals surface area (Å²) in [7, 11) is 0. The van der Waals surface area contributed by atoms with Crippen molar-refractivity contribution in [1.82, 2.24) is 0 Å². The highest BCUT2D eigenvalue weighted by atomic mass is 14.1. The molecular formula is C14H18. The highest BCUT2D eigenvalue weighted by Gasteiger charge is 2.07. The molecule has 1 aromatic carbocycles. The molecule has 0 heteroatoms. The Morgan fingerprint density at radius 2 is 1.57 bits per heavy atom. The average Bonchev–Trinajstić information content (AvgIpc) is 2.02. The normalized spacial score (nSPS) is 10.0. The van der Waals surface area contributed by atoms with E-state index in [1.54, 1.807) is 0 Å². The highest BCUT2D eigenvalue weighted by Crippen LogP contribution is 2.27. The first-order valence-corrected chi connectivity index (χ1v) is 4.87. The van der Waals surface area contributed by atoms with E-state index in [-0.39, 0.29) is 0 Å². The van der Waals surface area contributed by atoms with Crippen molar-refractivity contribution >= 4 is 11.1 Å². The van der Waals surface area contributed by atoms with E-state index in [1.807, 2.05) is 6.92 Å². The number of rotatable bonds is 2. The minimum absolute atomic E-state index is 1.12. The van der Waals surface area contributed by atoms with Crippen molar-refractivity contribution in [2.24, 2.45) is 0 Å². The molecule has 0 saturated heterocycles. The molecule has 0 radical (unpaired) electrons. The largest absolute Gasteiger partial charge is 0.0955 e. The Morgan fingerprint density at radius 1 is 1.00 bits per heavy atom. The molecule has 0 saturated carbocycles. The van der Waals surface area contributed by atoms with Gasteiger partial charge >= 0.3 is 0 Å². The van der Waals surface area contributed by atoms with E-state index in [0.29, 0.717) is 0 Å². The van der Waals surface area contributed by atoms with Gasteiger partial charge in [0.05, 0.1) is 0 Å². The van der Waals surface area contributed by atoms with Gasteiger partial charge in [-0.25, -0.2) is 0 Å². The second kappa shape index (κ2) is 3.83. The quantitative estimate of drug-likeness (QED) is 0.643. The molecule has 0 N–H and O–H groups in total. The first kappa shape index (κ1) is 10.8. The Kier molecular flexibility index (Phi) is 2.95. The van der Waals surface area contributed by atoms with Crippen LogP contribution in [0.15, 0.2) is 25.3 Å². The smallest absolute Gasteiger partial charge is 0.0169 e. The first-order valence-electron chi connectivity index (χ1n) is 4.87. The molecule has 0 atom stereocenters. The zero-order chi connectivity index (χ0) is 10.9. The van der Waals surface area contributed by atoms with Crippen LogP contribution in [0, 0.1) is 13.8 Å². The summed E-state index contributed by atoms with van der Waals surface area (Å²) in [5, 5.41) is 0. The van der Waals surface area contributed by atoms with Crippen LogP contribution in [0.3, 0.4) is 0 Å². The highest BCUT2D eigenvalue weighted by molar-refractivity contribution is 5.75. The number of hydrogen-bond donors (Lipinski definition) is 0. The molecule has 0 fully saturated rings. The van der Waals surface area contributed by atoms with Gasteiger partial charge in [-0.2, -0.15) is 0 Å². The van der Waals surface area contributed by atoms with Crippen LogP contribution in [-0.2, 0) is 0 Å². The third-order valence-corrected chi connectivity index (χ3v) is 2.56. The van der Waals surface area contributed by atoms with Crippen molar-refractivity contribution in [2.45, 2.75) is 27.7 Å². The summed E-state index contributed by atoms with van der Waals surface area (Å²) in [6, 6.07) is 4.28. The zero-order valence-electron chi connectivity index (χ0n) is 9.57. The van der Waals surface area contributed by atoms with Gasteiger partial charge in [-0.15, -0.1) is 0 Å². The van der Waals surface area contributed by atoms with Gasteiger partial charge in [0.15, 0.2) is 0 Å². The molecule has 0 spiro atoms. The first-order chi connectivity index (χ1) is 6.45. The van der Waals surface area contributed by atoms with Crippen molar-refractivity contribution in [3.05, 3.63) is 47.5 Å². The minimum Gasteiger partial charge on any atom is -0.0955 e. The average molecular weight is 186 g/mol. The molecule has 0 nitrogen and oxygen atoms in total. The molecule has 0 amide bonds. The number of aryl methyl sites for hydroxylation is 1. The predicted octanol–water partition coefficient (Wildman–Crippen LogP) is 4.37. The second-order valence-electron chi connectivity index (χ2n) is 3.99. The fourth-order valence-corrected chi connectivity index (χ4v) is 1.97. The number of benzene rings is 1. The van der Waals surface area contributed by atoms with E-state index >= 15 is 0 Å². The standard InChI is InChI=1S/C14H18/c1-9(2)13-8-7-11(5)14(10(3)4)12(13)6/h7-8H,1,3H2,2,4-6H3. The lowest BCUT2D eigenvalue weighted by Gasteiger charge is -2.14. The molecule has 0 unspecified atom stereocenters. The van der Waals surface area contributed by atoms with Crippen LogP contribution in [0.5, 0.6) is 0 Å². The summed E-state index contributed by atoms with van der Waals surface area (Å²) >= 11 is 0. The molecule has 0 heterocycles. The van der Waals surface area contributed by atoms with E-state index in [2.05, 4.69) is 46.1 Å². The van der Waals surface area contributed by atoms with E-state index < -0.39 is 0 Å². The summed E-state index contributed by atoms with van der Waals surface area (Å²) in [6.45, 7) is 16.4. The van der Waals surface area contributed by atoms with Gasteiger partial charge in [0.1, 0.15) is 0 Å². The fourth-order valence-electron chi connectivity index (χ4n) is 1.97. The van der Waals surface area contributed by atoms with Crippen molar-refractivity contribution in [3.8, 4) is 0 Å². The van der Waals surface area contributed by atoms with Gasteiger partial charge in [0.2, 0.25) is 0 Å². The third kappa shape index (κ3) is 1.79. The SMILES string of the molecule is C=C(C)c1ccc(C)c(C(=C)C)c1C. The van der Waals surface area contributed by atoms with E-state index in [0.717, 1.165) is 11.1 Å². The molecule has 74 valence electrons.